The number of carbonyl (C=O) groups excluding carboxylic acids is 1. The predicted molar refractivity (Wildman–Crippen MR) is 65.1 cm³/mol. The molecule has 1 unspecified atom stereocenters. The fraction of sp³-hybridized carbons (Fsp3) is 0.385. The van der Waals surface area contributed by atoms with Gasteiger partial charge in [0.1, 0.15) is 5.82 Å². The van der Waals surface area contributed by atoms with Crippen LogP contribution in [0.25, 0.3) is 0 Å². The fourth-order valence-electron chi connectivity index (χ4n) is 1.53. The monoisotopic (exact) mass is 237 g/mol. The third kappa shape index (κ3) is 4.07. The third-order valence-electron chi connectivity index (χ3n) is 2.43. The van der Waals surface area contributed by atoms with Crippen LogP contribution in [0.3, 0.4) is 0 Å². The minimum Gasteiger partial charge on any atom is -0.385 e. The maximum absolute atomic E-state index is 12.7. The number of hydrogen-bond acceptors (Lipinski definition) is 3. The second-order valence-corrected chi connectivity index (χ2v) is 3.67. The van der Waals surface area contributed by atoms with E-state index >= 15 is 0 Å². The summed E-state index contributed by atoms with van der Waals surface area (Å²) in [6.07, 6.45) is 2.18. The van der Waals surface area contributed by atoms with Crippen molar-refractivity contribution in [1.82, 2.24) is 0 Å². The van der Waals surface area contributed by atoms with E-state index in [1.54, 1.807) is 20.4 Å². The standard InChI is InChI=1S/C13H16FNO2/c1-15-9-11(7-8-17-2)13(16)10-3-5-12(14)6-4-10/h3-6,9,11H,7-8H2,1-2H3/b15-9-. The van der Waals surface area contributed by atoms with Crippen molar-refractivity contribution in [1.29, 1.82) is 0 Å². The van der Waals surface area contributed by atoms with Gasteiger partial charge in [-0.2, -0.15) is 0 Å². The van der Waals surface area contributed by atoms with E-state index in [2.05, 4.69) is 4.99 Å². The van der Waals surface area contributed by atoms with Crippen LogP contribution in [-0.2, 0) is 4.74 Å². The Balaban J connectivity index is 2.79. The summed E-state index contributed by atoms with van der Waals surface area (Å²) < 4.78 is 17.7. The predicted octanol–water partition coefficient (Wildman–Crippen LogP) is 2.36. The van der Waals surface area contributed by atoms with Gasteiger partial charge in [0.15, 0.2) is 5.78 Å². The minimum atomic E-state index is -0.348. The first-order chi connectivity index (χ1) is 8.19. The Morgan fingerprint density at radius 2 is 2.12 bits per heavy atom. The Labute approximate surface area is 100 Å². The number of aliphatic imine (C=N–C) groups is 1. The molecule has 0 aliphatic heterocycles. The highest BCUT2D eigenvalue weighted by molar-refractivity contribution is 6.06. The van der Waals surface area contributed by atoms with Crippen molar-refractivity contribution < 1.29 is 13.9 Å². The van der Waals surface area contributed by atoms with E-state index in [1.807, 2.05) is 0 Å². The summed E-state index contributed by atoms with van der Waals surface area (Å²) in [5.74, 6) is -0.725. The highest BCUT2D eigenvalue weighted by Crippen LogP contribution is 2.12. The van der Waals surface area contributed by atoms with Crippen LogP contribution in [0.4, 0.5) is 4.39 Å². The van der Waals surface area contributed by atoms with Crippen molar-refractivity contribution in [2.24, 2.45) is 10.9 Å². The van der Waals surface area contributed by atoms with Crippen LogP contribution in [-0.4, -0.2) is 32.8 Å². The number of ketones is 1. The fourth-order valence-corrected chi connectivity index (χ4v) is 1.53. The van der Waals surface area contributed by atoms with E-state index in [-0.39, 0.29) is 17.5 Å². The van der Waals surface area contributed by atoms with Gasteiger partial charge in [0.05, 0.1) is 5.92 Å². The molecular weight excluding hydrogens is 221 g/mol. The van der Waals surface area contributed by atoms with Gasteiger partial charge >= 0.3 is 0 Å². The average molecular weight is 237 g/mol. The van der Waals surface area contributed by atoms with Crippen molar-refractivity contribution in [3.05, 3.63) is 35.6 Å². The summed E-state index contributed by atoms with van der Waals surface area (Å²) in [4.78, 5) is 16.0. The van der Waals surface area contributed by atoms with Crippen molar-refractivity contribution in [2.45, 2.75) is 6.42 Å². The van der Waals surface area contributed by atoms with Crippen LogP contribution in [0, 0.1) is 11.7 Å². The van der Waals surface area contributed by atoms with E-state index in [0.717, 1.165) is 0 Å². The van der Waals surface area contributed by atoms with Crippen LogP contribution in [0.5, 0.6) is 0 Å². The molecule has 0 aliphatic carbocycles. The molecule has 0 radical (unpaired) electrons. The Hall–Kier alpha value is -1.55. The molecule has 92 valence electrons. The van der Waals surface area contributed by atoms with E-state index in [1.165, 1.54) is 24.3 Å². The van der Waals surface area contributed by atoms with Crippen LogP contribution >= 0.6 is 0 Å². The molecule has 17 heavy (non-hydrogen) atoms. The molecule has 1 rings (SSSR count). The molecule has 1 aromatic rings. The number of Topliss-reactive ketones (excluding diaryl/α,β-unsaturated/α-hetero) is 1. The third-order valence-corrected chi connectivity index (χ3v) is 2.43. The van der Waals surface area contributed by atoms with Gasteiger partial charge in [0.2, 0.25) is 0 Å². The van der Waals surface area contributed by atoms with Crippen LogP contribution in [0.15, 0.2) is 29.3 Å². The summed E-state index contributed by atoms with van der Waals surface area (Å²) in [6, 6.07) is 5.54. The summed E-state index contributed by atoms with van der Waals surface area (Å²) in [6.45, 7) is 0.490. The molecule has 0 fully saturated rings. The Kier molecular flexibility index (Phi) is 5.49. The molecule has 3 nitrogen and oxygen atoms in total. The van der Waals surface area contributed by atoms with Crippen molar-refractivity contribution in [3.63, 3.8) is 0 Å². The zero-order chi connectivity index (χ0) is 12.7. The molecule has 0 amide bonds. The molecular formula is C13H16FNO2. The minimum absolute atomic E-state index is 0.0624. The molecule has 4 heteroatoms. The van der Waals surface area contributed by atoms with Gasteiger partial charge in [-0.15, -0.1) is 0 Å². The topological polar surface area (TPSA) is 38.7 Å². The molecule has 1 aromatic carbocycles. The van der Waals surface area contributed by atoms with Crippen LogP contribution in [0.2, 0.25) is 0 Å². The number of halogens is 1. The molecule has 0 saturated heterocycles. The lowest BCUT2D eigenvalue weighted by atomic mass is 9.96. The molecule has 0 N–H and O–H groups in total. The van der Waals surface area contributed by atoms with Gasteiger partial charge in [-0.1, -0.05) is 0 Å². The number of benzene rings is 1. The van der Waals surface area contributed by atoms with Gasteiger partial charge in [0.25, 0.3) is 0 Å². The van der Waals surface area contributed by atoms with Gasteiger partial charge in [-0.05, 0) is 30.7 Å². The van der Waals surface area contributed by atoms with E-state index < -0.39 is 0 Å². The number of hydrogen-bond donors (Lipinski definition) is 0. The largest absolute Gasteiger partial charge is 0.385 e. The van der Waals surface area contributed by atoms with Crippen LogP contribution in [0.1, 0.15) is 16.8 Å². The summed E-state index contributed by atoms with van der Waals surface area (Å²) >= 11 is 0. The number of rotatable bonds is 6. The van der Waals surface area contributed by atoms with E-state index in [0.29, 0.717) is 18.6 Å². The lowest BCUT2D eigenvalue weighted by Crippen LogP contribution is -2.18. The van der Waals surface area contributed by atoms with Gasteiger partial charge in [0, 0.05) is 32.5 Å². The first kappa shape index (κ1) is 13.5. The highest BCUT2D eigenvalue weighted by Gasteiger charge is 2.17. The van der Waals surface area contributed by atoms with Crippen molar-refractivity contribution in [3.8, 4) is 0 Å². The van der Waals surface area contributed by atoms with Crippen molar-refractivity contribution in [2.75, 3.05) is 20.8 Å². The van der Waals surface area contributed by atoms with Crippen molar-refractivity contribution >= 4 is 12.0 Å². The maximum Gasteiger partial charge on any atom is 0.171 e. The Morgan fingerprint density at radius 1 is 1.47 bits per heavy atom. The average Bonchev–Trinajstić information content (AvgIpc) is 2.34. The zero-order valence-electron chi connectivity index (χ0n) is 10.0. The summed E-state index contributed by atoms with van der Waals surface area (Å²) in [5, 5.41) is 0. The van der Waals surface area contributed by atoms with Gasteiger partial charge < -0.3 is 9.73 Å². The van der Waals surface area contributed by atoms with Gasteiger partial charge in [-0.3, -0.25) is 4.79 Å². The molecule has 0 aromatic heterocycles. The number of carbonyl (C=O) groups is 1. The molecule has 0 saturated carbocycles. The number of nitrogens with zero attached hydrogens (tertiary/aromatic N) is 1. The Bertz CT molecular complexity index is 387. The lowest BCUT2D eigenvalue weighted by Gasteiger charge is -2.10. The van der Waals surface area contributed by atoms with Gasteiger partial charge in [-0.25, -0.2) is 4.39 Å². The second-order valence-electron chi connectivity index (χ2n) is 3.67. The first-order valence-electron chi connectivity index (χ1n) is 5.40. The lowest BCUT2D eigenvalue weighted by molar-refractivity contribution is 0.0928. The second kappa shape index (κ2) is 6.91. The van der Waals surface area contributed by atoms with Crippen LogP contribution < -0.4 is 0 Å². The zero-order valence-corrected chi connectivity index (χ0v) is 10.0. The smallest absolute Gasteiger partial charge is 0.171 e. The molecule has 0 heterocycles. The van der Waals surface area contributed by atoms with E-state index in [9.17, 15) is 9.18 Å². The number of methoxy groups -OCH3 is 1. The Morgan fingerprint density at radius 3 is 2.65 bits per heavy atom. The number of ether oxygens (including phenoxy) is 1. The molecule has 1 atom stereocenters. The highest BCUT2D eigenvalue weighted by atomic mass is 19.1. The molecule has 0 aliphatic rings. The molecule has 0 spiro atoms. The first-order valence-corrected chi connectivity index (χ1v) is 5.40. The quantitative estimate of drug-likeness (QED) is 0.562. The SMILES string of the molecule is C/N=C\C(CCOC)C(=O)c1ccc(F)cc1. The molecule has 0 bridgehead atoms. The van der Waals surface area contributed by atoms with E-state index in [4.69, 9.17) is 4.74 Å². The normalized spacial score (nSPS) is 12.9. The summed E-state index contributed by atoms with van der Waals surface area (Å²) in [5.41, 5.74) is 0.493. The summed E-state index contributed by atoms with van der Waals surface area (Å²) in [7, 11) is 3.21. The maximum atomic E-state index is 12.7.